The van der Waals surface area contributed by atoms with Gasteiger partial charge in [0.05, 0.1) is 6.10 Å². The Morgan fingerprint density at radius 2 is 2.15 bits per heavy atom. The monoisotopic (exact) mass is 278 g/mol. The summed E-state index contributed by atoms with van der Waals surface area (Å²) in [6, 6.07) is 9.19. The maximum Gasteiger partial charge on any atom is 0.329 e. The lowest BCUT2D eigenvalue weighted by Crippen LogP contribution is -2.55. The molecule has 0 aliphatic carbocycles. The van der Waals surface area contributed by atoms with E-state index in [2.05, 4.69) is 0 Å². The van der Waals surface area contributed by atoms with Crippen LogP contribution in [0.15, 0.2) is 30.3 Å². The number of nitrogens with zero attached hydrogens (tertiary/aromatic N) is 1. The number of carboxylic acid groups (broad SMARTS) is 1. The topological polar surface area (TPSA) is 75.8 Å². The lowest BCUT2D eigenvalue weighted by molar-refractivity contribution is -0.144. The SMILES string of the molecule is CC1OCCC1N(C)CC(N)(C(=O)O)c1ccccc1. The molecule has 1 aromatic carbocycles. The number of hydrogen-bond acceptors (Lipinski definition) is 4. The number of nitrogens with two attached hydrogens (primary N) is 1. The van der Waals surface area contributed by atoms with Gasteiger partial charge in [-0.15, -0.1) is 0 Å². The van der Waals surface area contributed by atoms with Gasteiger partial charge in [0.2, 0.25) is 0 Å². The minimum absolute atomic E-state index is 0.105. The van der Waals surface area contributed by atoms with Crippen molar-refractivity contribution in [1.29, 1.82) is 0 Å². The molecule has 0 bridgehead atoms. The van der Waals surface area contributed by atoms with Gasteiger partial charge < -0.3 is 15.6 Å². The first-order valence-electron chi connectivity index (χ1n) is 6.85. The van der Waals surface area contributed by atoms with Crippen LogP contribution < -0.4 is 5.73 Å². The van der Waals surface area contributed by atoms with Crippen molar-refractivity contribution in [1.82, 2.24) is 4.90 Å². The largest absolute Gasteiger partial charge is 0.480 e. The molecule has 1 heterocycles. The summed E-state index contributed by atoms with van der Waals surface area (Å²) < 4.78 is 5.54. The standard InChI is InChI=1S/C15H22N2O3/c1-11-13(8-9-20-11)17(2)10-15(16,14(18)19)12-6-4-3-5-7-12/h3-7,11,13H,8-10,16H2,1-2H3,(H,18,19). The normalized spacial score (nSPS) is 25.6. The molecule has 1 saturated heterocycles. The van der Waals surface area contributed by atoms with Gasteiger partial charge in [-0.1, -0.05) is 30.3 Å². The van der Waals surface area contributed by atoms with E-state index < -0.39 is 11.5 Å². The first kappa shape index (κ1) is 15.0. The fraction of sp³-hybridized carbons (Fsp3) is 0.533. The Bertz CT molecular complexity index is 465. The molecule has 5 heteroatoms. The molecule has 0 spiro atoms. The highest BCUT2D eigenvalue weighted by molar-refractivity contribution is 5.80. The fourth-order valence-electron chi connectivity index (χ4n) is 2.83. The zero-order valence-corrected chi connectivity index (χ0v) is 12.0. The van der Waals surface area contributed by atoms with Crippen LogP contribution in [0, 0.1) is 0 Å². The molecule has 3 N–H and O–H groups in total. The highest BCUT2D eigenvalue weighted by Gasteiger charge is 2.40. The minimum atomic E-state index is -1.40. The average molecular weight is 278 g/mol. The van der Waals surface area contributed by atoms with Crippen LogP contribution in [0.1, 0.15) is 18.9 Å². The van der Waals surface area contributed by atoms with Crippen molar-refractivity contribution in [2.24, 2.45) is 5.73 Å². The number of likely N-dealkylation sites (N-methyl/N-ethyl adjacent to an activating group) is 1. The van der Waals surface area contributed by atoms with E-state index in [9.17, 15) is 9.90 Å². The Hall–Kier alpha value is -1.43. The molecule has 0 saturated carbocycles. The van der Waals surface area contributed by atoms with Crippen molar-refractivity contribution in [3.63, 3.8) is 0 Å². The summed E-state index contributed by atoms with van der Waals surface area (Å²) in [4.78, 5) is 13.7. The van der Waals surface area contributed by atoms with Gasteiger partial charge in [-0.25, -0.2) is 4.79 Å². The van der Waals surface area contributed by atoms with Crippen LogP contribution in [0.25, 0.3) is 0 Å². The van der Waals surface area contributed by atoms with Crippen molar-refractivity contribution in [3.8, 4) is 0 Å². The van der Waals surface area contributed by atoms with E-state index in [1.807, 2.05) is 24.9 Å². The van der Waals surface area contributed by atoms with Gasteiger partial charge in [-0.3, -0.25) is 4.90 Å². The molecule has 1 fully saturated rings. The van der Waals surface area contributed by atoms with Crippen molar-refractivity contribution in [2.75, 3.05) is 20.2 Å². The van der Waals surface area contributed by atoms with Crippen LogP contribution in [0.4, 0.5) is 0 Å². The number of rotatable bonds is 5. The van der Waals surface area contributed by atoms with Crippen LogP contribution in [-0.2, 0) is 15.1 Å². The highest BCUT2D eigenvalue weighted by Crippen LogP contribution is 2.24. The third-order valence-electron chi connectivity index (χ3n) is 4.07. The summed E-state index contributed by atoms with van der Waals surface area (Å²) in [6.07, 6.45) is 1.01. The average Bonchev–Trinajstić information content (AvgIpc) is 2.85. The fourth-order valence-corrected chi connectivity index (χ4v) is 2.83. The predicted molar refractivity (Wildman–Crippen MR) is 76.4 cm³/mol. The third-order valence-corrected chi connectivity index (χ3v) is 4.07. The first-order valence-corrected chi connectivity index (χ1v) is 6.85. The van der Waals surface area contributed by atoms with Gasteiger partial charge in [0.25, 0.3) is 0 Å². The van der Waals surface area contributed by atoms with Crippen LogP contribution >= 0.6 is 0 Å². The second kappa shape index (κ2) is 5.91. The Balaban J connectivity index is 2.19. The molecular weight excluding hydrogens is 256 g/mol. The second-order valence-electron chi connectivity index (χ2n) is 5.49. The molecule has 1 aliphatic rings. The summed E-state index contributed by atoms with van der Waals surface area (Å²) in [5.41, 5.74) is 5.41. The third kappa shape index (κ3) is 2.85. The van der Waals surface area contributed by atoms with Gasteiger partial charge in [-0.2, -0.15) is 0 Å². The predicted octanol–water partition coefficient (Wildman–Crippen LogP) is 1.03. The molecule has 1 aliphatic heterocycles. The van der Waals surface area contributed by atoms with E-state index in [4.69, 9.17) is 10.5 Å². The summed E-state index contributed by atoms with van der Waals surface area (Å²) in [5.74, 6) is -1.01. The lowest BCUT2D eigenvalue weighted by Gasteiger charge is -2.34. The smallest absolute Gasteiger partial charge is 0.329 e. The van der Waals surface area contributed by atoms with E-state index in [0.29, 0.717) is 12.2 Å². The van der Waals surface area contributed by atoms with Crippen LogP contribution in [-0.4, -0.2) is 48.3 Å². The Morgan fingerprint density at radius 3 is 2.65 bits per heavy atom. The van der Waals surface area contributed by atoms with Gasteiger partial charge in [0, 0.05) is 19.2 Å². The maximum absolute atomic E-state index is 11.7. The van der Waals surface area contributed by atoms with Crippen LogP contribution in [0.2, 0.25) is 0 Å². The number of carbonyl (C=O) groups is 1. The molecule has 5 nitrogen and oxygen atoms in total. The lowest BCUT2D eigenvalue weighted by atomic mass is 9.89. The second-order valence-corrected chi connectivity index (χ2v) is 5.49. The molecular formula is C15H22N2O3. The van der Waals surface area contributed by atoms with Gasteiger partial charge >= 0.3 is 5.97 Å². The zero-order chi connectivity index (χ0) is 14.8. The molecule has 0 radical (unpaired) electrons. The minimum Gasteiger partial charge on any atom is -0.480 e. The molecule has 3 unspecified atom stereocenters. The zero-order valence-electron chi connectivity index (χ0n) is 12.0. The van der Waals surface area contributed by atoms with Gasteiger partial charge in [0.15, 0.2) is 5.54 Å². The van der Waals surface area contributed by atoms with Crippen molar-refractivity contribution < 1.29 is 14.6 Å². The molecule has 3 atom stereocenters. The van der Waals surface area contributed by atoms with Crippen molar-refractivity contribution >= 4 is 5.97 Å². The van der Waals surface area contributed by atoms with E-state index in [0.717, 1.165) is 6.42 Å². The summed E-state index contributed by atoms with van der Waals surface area (Å²) in [6.45, 7) is 2.98. The number of ether oxygens (including phenoxy) is 1. The van der Waals surface area contributed by atoms with E-state index >= 15 is 0 Å². The van der Waals surface area contributed by atoms with E-state index in [-0.39, 0.29) is 18.7 Å². The van der Waals surface area contributed by atoms with E-state index in [1.54, 1.807) is 24.3 Å². The Kier molecular flexibility index (Phi) is 4.42. The molecule has 0 amide bonds. The molecule has 0 aromatic heterocycles. The highest BCUT2D eigenvalue weighted by atomic mass is 16.5. The van der Waals surface area contributed by atoms with Crippen LogP contribution in [0.5, 0.6) is 0 Å². The van der Waals surface area contributed by atoms with Crippen molar-refractivity contribution in [2.45, 2.75) is 31.0 Å². The summed E-state index contributed by atoms with van der Waals surface area (Å²) >= 11 is 0. The molecule has 1 aromatic rings. The Morgan fingerprint density at radius 1 is 1.50 bits per heavy atom. The maximum atomic E-state index is 11.7. The van der Waals surface area contributed by atoms with Gasteiger partial charge in [-0.05, 0) is 26.0 Å². The molecule has 110 valence electrons. The number of hydrogen-bond donors (Lipinski definition) is 2. The van der Waals surface area contributed by atoms with Crippen LogP contribution in [0.3, 0.4) is 0 Å². The molecule has 20 heavy (non-hydrogen) atoms. The molecule has 2 rings (SSSR count). The quantitative estimate of drug-likeness (QED) is 0.841. The summed E-state index contributed by atoms with van der Waals surface area (Å²) in [7, 11) is 1.91. The van der Waals surface area contributed by atoms with E-state index in [1.165, 1.54) is 0 Å². The van der Waals surface area contributed by atoms with Gasteiger partial charge in [0.1, 0.15) is 0 Å². The number of aliphatic carboxylic acids is 1. The number of benzene rings is 1. The first-order chi connectivity index (χ1) is 9.45. The summed E-state index contributed by atoms with van der Waals surface area (Å²) in [5, 5.41) is 9.56. The number of carboxylic acids is 1. The Labute approximate surface area is 119 Å². The van der Waals surface area contributed by atoms with Crippen molar-refractivity contribution in [3.05, 3.63) is 35.9 Å².